The van der Waals surface area contributed by atoms with E-state index in [-0.39, 0.29) is 5.91 Å². The third kappa shape index (κ3) is 3.89. The summed E-state index contributed by atoms with van der Waals surface area (Å²) in [6.07, 6.45) is 6.63. The molecule has 6 heteroatoms. The predicted molar refractivity (Wildman–Crippen MR) is 119 cm³/mol. The zero-order chi connectivity index (χ0) is 21.2. The molecule has 31 heavy (non-hydrogen) atoms. The van der Waals surface area contributed by atoms with Crippen LogP contribution in [0.3, 0.4) is 0 Å². The first kappa shape index (κ1) is 19.3. The summed E-state index contributed by atoms with van der Waals surface area (Å²) in [5.41, 5.74) is 7.24. The van der Waals surface area contributed by atoms with Crippen molar-refractivity contribution in [1.82, 2.24) is 24.9 Å². The molecule has 0 saturated carbocycles. The molecule has 1 N–H and O–H groups in total. The normalized spacial score (nSPS) is 12.7. The second kappa shape index (κ2) is 8.22. The van der Waals surface area contributed by atoms with Crippen molar-refractivity contribution in [3.05, 3.63) is 101 Å². The zero-order valence-electron chi connectivity index (χ0n) is 17.6. The van der Waals surface area contributed by atoms with Crippen LogP contribution in [0.25, 0.3) is 5.69 Å². The number of nitrogens with one attached hydrogen (secondary N) is 1. The zero-order valence-corrected chi connectivity index (χ0v) is 17.6. The van der Waals surface area contributed by atoms with Crippen LogP contribution in [0.4, 0.5) is 0 Å². The molecule has 2 aromatic carbocycles. The molecular formula is C25H25N5O. The van der Waals surface area contributed by atoms with E-state index in [4.69, 9.17) is 5.10 Å². The molecule has 1 aliphatic rings. The molecule has 4 aromatic rings. The fourth-order valence-electron chi connectivity index (χ4n) is 4.23. The lowest BCUT2D eigenvalue weighted by molar-refractivity contribution is 0.0944. The van der Waals surface area contributed by atoms with Crippen LogP contribution >= 0.6 is 0 Å². The minimum atomic E-state index is -0.113. The van der Waals surface area contributed by atoms with E-state index in [2.05, 4.69) is 53.7 Å². The average molecular weight is 412 g/mol. The molecule has 0 unspecified atom stereocenters. The summed E-state index contributed by atoms with van der Waals surface area (Å²) < 4.78 is 3.83. The number of rotatable bonds is 6. The summed E-state index contributed by atoms with van der Waals surface area (Å²) >= 11 is 0. The topological polar surface area (TPSA) is 64.7 Å². The molecule has 0 fully saturated rings. The number of hydrogen-bond acceptors (Lipinski definition) is 3. The van der Waals surface area contributed by atoms with Gasteiger partial charge in [-0.05, 0) is 55.5 Å². The first-order chi connectivity index (χ1) is 15.2. The fourth-order valence-corrected chi connectivity index (χ4v) is 4.23. The van der Waals surface area contributed by atoms with E-state index in [1.54, 1.807) is 6.20 Å². The number of benzene rings is 2. The minimum absolute atomic E-state index is 0.113. The Bertz CT molecular complexity index is 1210. The number of aryl methyl sites for hydroxylation is 1. The summed E-state index contributed by atoms with van der Waals surface area (Å²) in [5, 5.41) is 12.1. The fraction of sp³-hybridized carbons (Fsp3) is 0.240. The largest absolute Gasteiger partial charge is 0.347 e. The van der Waals surface area contributed by atoms with E-state index in [0.717, 1.165) is 47.3 Å². The van der Waals surface area contributed by atoms with Gasteiger partial charge in [0.25, 0.3) is 5.91 Å². The van der Waals surface area contributed by atoms with Crippen molar-refractivity contribution in [3.63, 3.8) is 0 Å². The second-order valence-electron chi connectivity index (χ2n) is 8.03. The highest BCUT2D eigenvalue weighted by atomic mass is 16.1. The molecule has 1 aliphatic carbocycles. The van der Waals surface area contributed by atoms with E-state index in [0.29, 0.717) is 18.8 Å². The van der Waals surface area contributed by atoms with Crippen LogP contribution < -0.4 is 5.32 Å². The van der Waals surface area contributed by atoms with Crippen LogP contribution in [0, 0.1) is 6.92 Å². The molecule has 0 atom stereocenters. The smallest absolute Gasteiger partial charge is 0.272 e. The van der Waals surface area contributed by atoms with Gasteiger partial charge in [-0.15, -0.1) is 0 Å². The highest BCUT2D eigenvalue weighted by Gasteiger charge is 2.26. The molecule has 2 aromatic heterocycles. The van der Waals surface area contributed by atoms with Crippen LogP contribution in [-0.2, 0) is 25.9 Å². The van der Waals surface area contributed by atoms with E-state index in [1.165, 1.54) is 5.56 Å². The number of fused-ring (bicyclic) bond motifs is 1. The Labute approximate surface area is 181 Å². The van der Waals surface area contributed by atoms with E-state index < -0.39 is 0 Å². The predicted octanol–water partition coefficient (Wildman–Crippen LogP) is 3.84. The third-order valence-electron chi connectivity index (χ3n) is 5.87. The number of aromatic nitrogens is 4. The lowest BCUT2D eigenvalue weighted by atomic mass is 10.1. The molecule has 1 amide bonds. The van der Waals surface area contributed by atoms with Gasteiger partial charge in [0.15, 0.2) is 5.69 Å². The van der Waals surface area contributed by atoms with Gasteiger partial charge in [0.05, 0.1) is 12.2 Å². The molecule has 0 bridgehead atoms. The van der Waals surface area contributed by atoms with Crippen LogP contribution in [0.5, 0.6) is 0 Å². The lowest BCUT2D eigenvalue weighted by Gasteiger charge is -2.11. The highest BCUT2D eigenvalue weighted by Crippen LogP contribution is 2.28. The van der Waals surface area contributed by atoms with Crippen molar-refractivity contribution >= 4 is 5.91 Å². The van der Waals surface area contributed by atoms with Crippen molar-refractivity contribution in [2.24, 2.45) is 0 Å². The second-order valence-corrected chi connectivity index (χ2v) is 8.03. The average Bonchev–Trinajstić information content (AvgIpc) is 3.52. The summed E-state index contributed by atoms with van der Waals surface area (Å²) in [4.78, 5) is 13.1. The Kier molecular flexibility index (Phi) is 5.12. The van der Waals surface area contributed by atoms with Crippen molar-refractivity contribution < 1.29 is 4.79 Å². The lowest BCUT2D eigenvalue weighted by Crippen LogP contribution is -2.25. The number of nitrogens with zero attached hydrogens (tertiary/aromatic N) is 4. The highest BCUT2D eigenvalue weighted by molar-refractivity contribution is 5.94. The van der Waals surface area contributed by atoms with Gasteiger partial charge in [-0.3, -0.25) is 9.48 Å². The quantitative estimate of drug-likeness (QED) is 0.524. The van der Waals surface area contributed by atoms with Crippen molar-refractivity contribution in [1.29, 1.82) is 0 Å². The van der Waals surface area contributed by atoms with Crippen LogP contribution in [-0.4, -0.2) is 25.5 Å². The number of hydrogen-bond donors (Lipinski definition) is 1. The Morgan fingerprint density at radius 1 is 1.03 bits per heavy atom. The van der Waals surface area contributed by atoms with Gasteiger partial charge in [0.1, 0.15) is 0 Å². The minimum Gasteiger partial charge on any atom is -0.347 e. The van der Waals surface area contributed by atoms with Gasteiger partial charge >= 0.3 is 0 Å². The monoisotopic (exact) mass is 411 g/mol. The van der Waals surface area contributed by atoms with Crippen molar-refractivity contribution in [2.45, 2.75) is 39.3 Å². The van der Waals surface area contributed by atoms with Crippen molar-refractivity contribution in [3.8, 4) is 5.69 Å². The Morgan fingerprint density at radius 3 is 2.61 bits per heavy atom. The van der Waals surface area contributed by atoms with E-state index in [1.807, 2.05) is 33.8 Å². The molecule has 5 rings (SSSR count). The molecule has 0 spiro atoms. The van der Waals surface area contributed by atoms with Gasteiger partial charge in [0, 0.05) is 30.2 Å². The SMILES string of the molecule is Cc1ccc(-n2nc(C(=O)NCc3ccccc3Cn3cccn3)c3c2CCC3)cc1. The molecule has 6 nitrogen and oxygen atoms in total. The molecule has 0 aliphatic heterocycles. The van der Waals surface area contributed by atoms with Crippen LogP contribution in [0.2, 0.25) is 0 Å². The number of carbonyl (C=O) groups excluding carboxylic acids is 1. The Morgan fingerprint density at radius 2 is 1.84 bits per heavy atom. The first-order valence-electron chi connectivity index (χ1n) is 10.7. The van der Waals surface area contributed by atoms with Gasteiger partial charge in [-0.1, -0.05) is 42.0 Å². The maximum Gasteiger partial charge on any atom is 0.272 e. The Balaban J connectivity index is 1.36. The van der Waals surface area contributed by atoms with E-state index >= 15 is 0 Å². The van der Waals surface area contributed by atoms with Gasteiger partial charge in [0.2, 0.25) is 0 Å². The first-order valence-corrected chi connectivity index (χ1v) is 10.7. The summed E-state index contributed by atoms with van der Waals surface area (Å²) in [6.45, 7) is 3.21. The summed E-state index contributed by atoms with van der Waals surface area (Å²) in [7, 11) is 0. The molecular weight excluding hydrogens is 386 g/mol. The summed E-state index contributed by atoms with van der Waals surface area (Å²) in [6, 6.07) is 18.3. The standard InChI is InChI=1S/C25H25N5O/c1-18-10-12-21(13-11-18)30-23-9-4-8-22(23)24(28-30)25(31)26-16-19-6-2-3-7-20(19)17-29-15-5-14-27-29/h2-3,5-7,10-15H,4,8-9,16-17H2,1H3,(H,26,31). The van der Waals surface area contributed by atoms with Crippen LogP contribution in [0.1, 0.15) is 44.9 Å². The van der Waals surface area contributed by atoms with Gasteiger partial charge in [-0.25, -0.2) is 4.68 Å². The van der Waals surface area contributed by atoms with E-state index in [9.17, 15) is 4.79 Å². The molecule has 0 radical (unpaired) electrons. The number of carbonyl (C=O) groups is 1. The van der Waals surface area contributed by atoms with Crippen molar-refractivity contribution in [2.75, 3.05) is 0 Å². The maximum absolute atomic E-state index is 13.1. The summed E-state index contributed by atoms with van der Waals surface area (Å²) in [5.74, 6) is -0.113. The molecule has 0 saturated heterocycles. The Hall–Kier alpha value is -3.67. The van der Waals surface area contributed by atoms with Gasteiger partial charge < -0.3 is 5.32 Å². The maximum atomic E-state index is 13.1. The van der Waals surface area contributed by atoms with Gasteiger partial charge in [-0.2, -0.15) is 10.2 Å². The molecule has 2 heterocycles. The van der Waals surface area contributed by atoms with Crippen LogP contribution in [0.15, 0.2) is 67.0 Å². The third-order valence-corrected chi connectivity index (χ3v) is 5.87. The number of amides is 1. The molecule has 156 valence electrons.